The van der Waals surface area contributed by atoms with Crippen molar-refractivity contribution in [1.82, 2.24) is 0 Å². The van der Waals surface area contributed by atoms with E-state index in [-0.39, 0.29) is 5.97 Å². The third kappa shape index (κ3) is 13.6. The van der Waals surface area contributed by atoms with Crippen LogP contribution in [0.1, 0.15) is 78.1 Å². The zero-order valence-electron chi connectivity index (χ0n) is 13.4. The molecule has 0 spiro atoms. The smallest absolute Gasteiger partial charge is 0.322 e. The van der Waals surface area contributed by atoms with Crippen molar-refractivity contribution in [2.24, 2.45) is 5.73 Å². The SMILES string of the molecule is CCCCCCCCCCCC=CCOC(=O)C(C)N. The Morgan fingerprint density at radius 1 is 1.00 bits per heavy atom. The average Bonchev–Trinajstić information content (AvgIpc) is 2.43. The maximum Gasteiger partial charge on any atom is 0.322 e. The number of nitrogens with two attached hydrogens (primary N) is 1. The molecule has 1 unspecified atom stereocenters. The molecule has 3 nitrogen and oxygen atoms in total. The van der Waals surface area contributed by atoms with Crippen molar-refractivity contribution in [2.75, 3.05) is 6.61 Å². The van der Waals surface area contributed by atoms with Gasteiger partial charge in [-0.2, -0.15) is 0 Å². The first-order valence-corrected chi connectivity index (χ1v) is 8.25. The molecule has 0 aliphatic heterocycles. The van der Waals surface area contributed by atoms with Crippen molar-refractivity contribution in [3.05, 3.63) is 12.2 Å². The second-order valence-electron chi connectivity index (χ2n) is 5.51. The highest BCUT2D eigenvalue weighted by atomic mass is 16.5. The molecule has 0 radical (unpaired) electrons. The van der Waals surface area contributed by atoms with Gasteiger partial charge in [0, 0.05) is 0 Å². The number of rotatable bonds is 13. The second kappa shape index (κ2) is 14.6. The van der Waals surface area contributed by atoms with Crippen molar-refractivity contribution >= 4 is 5.97 Å². The van der Waals surface area contributed by atoms with Crippen molar-refractivity contribution in [2.45, 2.75) is 84.1 Å². The molecule has 0 aromatic heterocycles. The van der Waals surface area contributed by atoms with Crippen LogP contribution in [0.2, 0.25) is 0 Å². The van der Waals surface area contributed by atoms with Gasteiger partial charge in [-0.25, -0.2) is 0 Å². The number of carbonyl (C=O) groups is 1. The molecule has 20 heavy (non-hydrogen) atoms. The van der Waals surface area contributed by atoms with Crippen LogP contribution in [0.4, 0.5) is 0 Å². The molecule has 0 bridgehead atoms. The topological polar surface area (TPSA) is 52.3 Å². The summed E-state index contributed by atoms with van der Waals surface area (Å²) in [4.78, 5) is 11.1. The minimum Gasteiger partial charge on any atom is -0.460 e. The molecule has 0 rings (SSSR count). The Bertz CT molecular complexity index is 249. The summed E-state index contributed by atoms with van der Waals surface area (Å²) < 4.78 is 4.94. The van der Waals surface area contributed by atoms with E-state index in [1.54, 1.807) is 6.92 Å². The Morgan fingerprint density at radius 3 is 2.10 bits per heavy atom. The maximum absolute atomic E-state index is 11.1. The van der Waals surface area contributed by atoms with Gasteiger partial charge in [0.25, 0.3) is 0 Å². The Kier molecular flexibility index (Phi) is 14.0. The number of hydrogen-bond acceptors (Lipinski definition) is 3. The summed E-state index contributed by atoms with van der Waals surface area (Å²) in [5.74, 6) is -0.335. The molecule has 0 aromatic carbocycles. The summed E-state index contributed by atoms with van der Waals surface area (Å²) in [5, 5.41) is 0. The lowest BCUT2D eigenvalue weighted by Gasteiger charge is -2.03. The van der Waals surface area contributed by atoms with Crippen LogP contribution in [0.5, 0.6) is 0 Å². The largest absolute Gasteiger partial charge is 0.460 e. The molecule has 0 aromatic rings. The van der Waals surface area contributed by atoms with Crippen LogP contribution in [0.15, 0.2) is 12.2 Å². The highest BCUT2D eigenvalue weighted by Gasteiger charge is 2.06. The number of carbonyl (C=O) groups excluding carboxylic acids is 1. The van der Waals surface area contributed by atoms with E-state index in [0.29, 0.717) is 6.61 Å². The Hall–Kier alpha value is -0.830. The highest BCUT2D eigenvalue weighted by molar-refractivity contribution is 5.74. The standard InChI is InChI=1S/C17H33NO2/c1-3-4-5-6-7-8-9-10-11-12-13-14-15-20-17(19)16(2)18/h13-14,16H,3-12,15,18H2,1-2H3. The van der Waals surface area contributed by atoms with Crippen molar-refractivity contribution in [1.29, 1.82) is 0 Å². The number of unbranched alkanes of at least 4 members (excludes halogenated alkanes) is 9. The van der Waals surface area contributed by atoms with Gasteiger partial charge in [0.15, 0.2) is 0 Å². The molecular weight excluding hydrogens is 250 g/mol. The van der Waals surface area contributed by atoms with Gasteiger partial charge >= 0.3 is 5.97 Å². The van der Waals surface area contributed by atoms with Crippen LogP contribution < -0.4 is 5.73 Å². The third-order valence-corrected chi connectivity index (χ3v) is 3.33. The van der Waals surface area contributed by atoms with E-state index in [0.717, 1.165) is 6.42 Å². The quantitative estimate of drug-likeness (QED) is 0.310. The van der Waals surface area contributed by atoms with Gasteiger partial charge < -0.3 is 10.5 Å². The summed E-state index contributed by atoms with van der Waals surface area (Å²) in [7, 11) is 0. The molecule has 0 saturated carbocycles. The fourth-order valence-electron chi connectivity index (χ4n) is 2.02. The predicted octanol–water partition coefficient (Wildman–Crippen LogP) is 4.35. The van der Waals surface area contributed by atoms with Crippen molar-refractivity contribution in [3.8, 4) is 0 Å². The van der Waals surface area contributed by atoms with Crippen molar-refractivity contribution < 1.29 is 9.53 Å². The highest BCUT2D eigenvalue weighted by Crippen LogP contribution is 2.10. The summed E-state index contributed by atoms with van der Waals surface area (Å²) in [6.07, 6.45) is 17.2. The number of ether oxygens (including phenoxy) is 1. The van der Waals surface area contributed by atoms with Crippen LogP contribution >= 0.6 is 0 Å². The summed E-state index contributed by atoms with van der Waals surface area (Å²) >= 11 is 0. The van der Waals surface area contributed by atoms with Crippen LogP contribution in [-0.2, 0) is 9.53 Å². The lowest BCUT2D eigenvalue weighted by atomic mass is 10.1. The first kappa shape index (κ1) is 19.2. The van der Waals surface area contributed by atoms with E-state index in [2.05, 4.69) is 13.0 Å². The fourth-order valence-corrected chi connectivity index (χ4v) is 2.02. The molecule has 1 atom stereocenters. The molecule has 0 fully saturated rings. The van der Waals surface area contributed by atoms with Gasteiger partial charge in [-0.3, -0.25) is 4.79 Å². The lowest BCUT2D eigenvalue weighted by Crippen LogP contribution is -2.28. The van der Waals surface area contributed by atoms with Gasteiger partial charge in [0.05, 0.1) is 0 Å². The second-order valence-corrected chi connectivity index (χ2v) is 5.51. The Labute approximate surface area is 125 Å². The maximum atomic E-state index is 11.1. The van der Waals surface area contributed by atoms with Gasteiger partial charge in [0.2, 0.25) is 0 Å². The van der Waals surface area contributed by atoms with Gasteiger partial charge in [-0.1, -0.05) is 70.4 Å². The van der Waals surface area contributed by atoms with Gasteiger partial charge in [-0.15, -0.1) is 0 Å². The zero-order valence-corrected chi connectivity index (χ0v) is 13.4. The monoisotopic (exact) mass is 283 g/mol. The minimum absolute atomic E-state index is 0.335. The first-order valence-electron chi connectivity index (χ1n) is 8.25. The average molecular weight is 283 g/mol. The molecule has 0 saturated heterocycles. The Morgan fingerprint density at radius 2 is 1.55 bits per heavy atom. The predicted molar refractivity (Wildman–Crippen MR) is 85.6 cm³/mol. The third-order valence-electron chi connectivity index (χ3n) is 3.33. The molecule has 0 amide bonds. The molecule has 2 N–H and O–H groups in total. The van der Waals surface area contributed by atoms with Crippen LogP contribution in [-0.4, -0.2) is 18.6 Å². The van der Waals surface area contributed by atoms with E-state index in [9.17, 15) is 4.79 Å². The minimum atomic E-state index is -0.527. The van der Waals surface area contributed by atoms with Crippen LogP contribution in [0, 0.1) is 0 Å². The van der Waals surface area contributed by atoms with Gasteiger partial charge in [-0.05, 0) is 19.8 Å². The summed E-state index contributed by atoms with van der Waals surface area (Å²) in [5.41, 5.74) is 5.38. The van der Waals surface area contributed by atoms with E-state index in [4.69, 9.17) is 10.5 Å². The van der Waals surface area contributed by atoms with E-state index >= 15 is 0 Å². The van der Waals surface area contributed by atoms with Crippen molar-refractivity contribution in [3.63, 3.8) is 0 Å². The molecular formula is C17H33NO2. The molecule has 0 aliphatic rings. The number of allylic oxidation sites excluding steroid dienone is 1. The van der Waals surface area contributed by atoms with E-state index in [1.165, 1.54) is 57.8 Å². The van der Waals surface area contributed by atoms with Gasteiger partial charge in [0.1, 0.15) is 12.6 Å². The Balaban J connectivity index is 3.18. The zero-order chi connectivity index (χ0) is 15.1. The van der Waals surface area contributed by atoms with E-state index < -0.39 is 6.04 Å². The van der Waals surface area contributed by atoms with E-state index in [1.807, 2.05) is 6.08 Å². The summed E-state index contributed by atoms with van der Waals surface area (Å²) in [6, 6.07) is -0.527. The number of esters is 1. The normalized spacial score (nSPS) is 12.8. The summed E-state index contributed by atoms with van der Waals surface area (Å²) in [6.45, 7) is 4.23. The molecule has 0 aliphatic carbocycles. The van der Waals surface area contributed by atoms with Crippen LogP contribution in [0.25, 0.3) is 0 Å². The number of hydrogen-bond donors (Lipinski definition) is 1. The van der Waals surface area contributed by atoms with Crippen LogP contribution in [0.3, 0.4) is 0 Å². The lowest BCUT2D eigenvalue weighted by molar-refractivity contribution is -0.143. The molecule has 0 heterocycles. The fraction of sp³-hybridized carbons (Fsp3) is 0.824. The molecule has 118 valence electrons. The first-order chi connectivity index (χ1) is 9.68. The molecule has 3 heteroatoms.